The Kier molecular flexibility index (Phi) is 6.69. The van der Waals surface area contributed by atoms with E-state index in [4.69, 9.17) is 4.74 Å². The summed E-state index contributed by atoms with van der Waals surface area (Å²) in [6, 6.07) is 13.0. The molecule has 0 aliphatic heterocycles. The van der Waals surface area contributed by atoms with Crippen molar-refractivity contribution in [1.82, 2.24) is 0 Å². The molecule has 0 atom stereocenters. The van der Waals surface area contributed by atoms with Gasteiger partial charge in [-0.15, -0.1) is 0 Å². The third kappa shape index (κ3) is 5.26. The lowest BCUT2D eigenvalue weighted by atomic mass is 10.0. The van der Waals surface area contributed by atoms with E-state index in [2.05, 4.69) is 6.92 Å². The third-order valence-electron chi connectivity index (χ3n) is 3.94. The number of sulfone groups is 1. The molecule has 0 saturated carbocycles. The average molecular weight is 374 g/mol. The molecule has 0 spiro atoms. The highest BCUT2D eigenvalue weighted by Crippen LogP contribution is 2.16. The van der Waals surface area contributed by atoms with Gasteiger partial charge in [0.1, 0.15) is 0 Å². The van der Waals surface area contributed by atoms with Gasteiger partial charge in [-0.3, -0.25) is 4.79 Å². The van der Waals surface area contributed by atoms with E-state index < -0.39 is 22.4 Å². The molecule has 2 aromatic rings. The Morgan fingerprint density at radius 3 is 2.27 bits per heavy atom. The first-order valence-corrected chi connectivity index (χ1v) is 10.3. The Bertz CT molecular complexity index is 883. The van der Waals surface area contributed by atoms with Gasteiger partial charge in [-0.05, 0) is 30.5 Å². The molecule has 0 bridgehead atoms. The maximum absolute atomic E-state index is 12.2. The molecule has 0 radical (unpaired) electrons. The average Bonchev–Trinajstić information content (AvgIpc) is 2.64. The van der Waals surface area contributed by atoms with Crippen molar-refractivity contribution in [3.63, 3.8) is 0 Å². The lowest BCUT2D eigenvalue weighted by Crippen LogP contribution is -2.16. The maximum atomic E-state index is 12.2. The van der Waals surface area contributed by atoms with Crippen LogP contribution in [0.25, 0.3) is 0 Å². The summed E-state index contributed by atoms with van der Waals surface area (Å²) in [5.41, 5.74) is 1.54. The Morgan fingerprint density at radius 2 is 1.65 bits per heavy atom. The highest BCUT2D eigenvalue weighted by Gasteiger charge is 2.20. The minimum absolute atomic E-state index is 0.0716. The van der Waals surface area contributed by atoms with Gasteiger partial charge in [0, 0.05) is 11.8 Å². The molecule has 0 heterocycles. The van der Waals surface area contributed by atoms with Crippen molar-refractivity contribution in [2.75, 3.05) is 12.9 Å². The molecule has 138 valence electrons. The Morgan fingerprint density at radius 1 is 1.00 bits per heavy atom. The predicted molar refractivity (Wildman–Crippen MR) is 99.2 cm³/mol. The SMILES string of the molecule is CCCCc1ccc(C(=O)COC(=O)c2ccccc2S(C)(=O)=O)cc1. The Labute approximate surface area is 153 Å². The fraction of sp³-hybridized carbons (Fsp3) is 0.300. The molecule has 0 aliphatic carbocycles. The smallest absolute Gasteiger partial charge is 0.339 e. The fourth-order valence-electron chi connectivity index (χ4n) is 2.49. The summed E-state index contributed by atoms with van der Waals surface area (Å²) in [6.45, 7) is 1.68. The summed E-state index contributed by atoms with van der Waals surface area (Å²) in [5.74, 6) is -1.17. The second-order valence-corrected chi connectivity index (χ2v) is 8.05. The quantitative estimate of drug-likeness (QED) is 0.522. The number of Topliss-reactive ketones (excluding diaryl/α,β-unsaturated/α-hetero) is 1. The van der Waals surface area contributed by atoms with Gasteiger partial charge in [0.25, 0.3) is 0 Å². The van der Waals surface area contributed by atoms with E-state index in [0.717, 1.165) is 31.1 Å². The lowest BCUT2D eigenvalue weighted by Gasteiger charge is -2.08. The molecule has 2 aromatic carbocycles. The molecular formula is C20H22O5S. The predicted octanol–water partition coefficient (Wildman–Crippen LogP) is 3.47. The van der Waals surface area contributed by atoms with Crippen LogP contribution in [0.2, 0.25) is 0 Å². The van der Waals surface area contributed by atoms with Crippen LogP contribution in [0.15, 0.2) is 53.4 Å². The maximum Gasteiger partial charge on any atom is 0.339 e. The third-order valence-corrected chi connectivity index (χ3v) is 5.09. The van der Waals surface area contributed by atoms with Crippen LogP contribution in [0.4, 0.5) is 0 Å². The second kappa shape index (κ2) is 8.76. The second-order valence-electron chi connectivity index (χ2n) is 6.07. The normalized spacial score (nSPS) is 11.2. The molecule has 2 rings (SSSR count). The van der Waals surface area contributed by atoms with Crippen LogP contribution < -0.4 is 0 Å². The van der Waals surface area contributed by atoms with Gasteiger partial charge in [-0.25, -0.2) is 13.2 Å². The van der Waals surface area contributed by atoms with E-state index in [0.29, 0.717) is 5.56 Å². The molecule has 0 aromatic heterocycles. The van der Waals surface area contributed by atoms with Gasteiger partial charge in [0.2, 0.25) is 0 Å². The van der Waals surface area contributed by atoms with Crippen molar-refractivity contribution < 1.29 is 22.7 Å². The van der Waals surface area contributed by atoms with E-state index in [1.807, 2.05) is 12.1 Å². The van der Waals surface area contributed by atoms with Crippen LogP contribution in [-0.2, 0) is 21.0 Å². The van der Waals surface area contributed by atoms with Crippen LogP contribution in [0.5, 0.6) is 0 Å². The molecule has 0 amide bonds. The van der Waals surface area contributed by atoms with Crippen LogP contribution >= 0.6 is 0 Å². The molecule has 0 saturated heterocycles. The van der Waals surface area contributed by atoms with Gasteiger partial charge in [-0.2, -0.15) is 0 Å². The van der Waals surface area contributed by atoms with Crippen LogP contribution in [0.3, 0.4) is 0 Å². The monoisotopic (exact) mass is 374 g/mol. The standard InChI is InChI=1S/C20H22O5S/c1-3-4-7-15-10-12-16(13-11-15)18(21)14-25-20(22)17-8-5-6-9-19(17)26(2,23)24/h5-6,8-13H,3-4,7,14H2,1-2H3. The first-order chi connectivity index (χ1) is 12.3. The van der Waals surface area contributed by atoms with Crippen molar-refractivity contribution in [1.29, 1.82) is 0 Å². The van der Waals surface area contributed by atoms with Crippen LogP contribution in [-0.4, -0.2) is 33.0 Å². The zero-order valence-electron chi connectivity index (χ0n) is 14.9. The molecule has 6 heteroatoms. The molecule has 0 N–H and O–H groups in total. The number of carbonyl (C=O) groups is 2. The summed E-state index contributed by atoms with van der Waals surface area (Å²) in [5, 5.41) is 0. The fourth-order valence-corrected chi connectivity index (χ4v) is 3.37. The topological polar surface area (TPSA) is 77.5 Å². The number of ketones is 1. The zero-order valence-corrected chi connectivity index (χ0v) is 15.7. The van der Waals surface area contributed by atoms with E-state index in [1.165, 1.54) is 18.2 Å². The lowest BCUT2D eigenvalue weighted by molar-refractivity contribution is 0.0471. The van der Waals surface area contributed by atoms with Crippen molar-refractivity contribution in [2.24, 2.45) is 0 Å². The summed E-state index contributed by atoms with van der Waals surface area (Å²) < 4.78 is 28.5. The number of carbonyl (C=O) groups excluding carboxylic acids is 2. The highest BCUT2D eigenvalue weighted by molar-refractivity contribution is 7.90. The van der Waals surface area contributed by atoms with Crippen molar-refractivity contribution in [3.05, 3.63) is 65.2 Å². The minimum Gasteiger partial charge on any atom is -0.454 e. The number of benzene rings is 2. The van der Waals surface area contributed by atoms with Gasteiger partial charge < -0.3 is 4.74 Å². The minimum atomic E-state index is -3.57. The van der Waals surface area contributed by atoms with Gasteiger partial charge in [0.15, 0.2) is 22.2 Å². The number of rotatable bonds is 8. The van der Waals surface area contributed by atoms with Gasteiger partial charge in [-0.1, -0.05) is 49.7 Å². The summed E-state index contributed by atoms with van der Waals surface area (Å²) >= 11 is 0. The number of ether oxygens (including phenoxy) is 1. The number of unbranched alkanes of at least 4 members (excludes halogenated alkanes) is 1. The zero-order chi connectivity index (χ0) is 19.2. The molecule has 26 heavy (non-hydrogen) atoms. The van der Waals surface area contributed by atoms with Crippen molar-refractivity contribution in [3.8, 4) is 0 Å². The first kappa shape index (κ1) is 19.8. The number of hydrogen-bond acceptors (Lipinski definition) is 5. The van der Waals surface area contributed by atoms with E-state index in [9.17, 15) is 18.0 Å². The number of esters is 1. The first-order valence-electron chi connectivity index (χ1n) is 8.41. The van der Waals surface area contributed by atoms with Crippen LogP contribution in [0, 0.1) is 0 Å². The molecule has 5 nitrogen and oxygen atoms in total. The summed E-state index contributed by atoms with van der Waals surface area (Å²) in [4.78, 5) is 24.3. The van der Waals surface area contributed by atoms with E-state index in [1.54, 1.807) is 18.2 Å². The van der Waals surface area contributed by atoms with Gasteiger partial charge >= 0.3 is 5.97 Å². The van der Waals surface area contributed by atoms with Gasteiger partial charge in [0.05, 0.1) is 10.5 Å². The Hall–Kier alpha value is -2.47. The molecule has 0 unspecified atom stereocenters. The van der Waals surface area contributed by atoms with Crippen molar-refractivity contribution >= 4 is 21.6 Å². The highest BCUT2D eigenvalue weighted by atomic mass is 32.2. The molecular weight excluding hydrogens is 352 g/mol. The summed E-state index contributed by atoms with van der Waals surface area (Å²) in [7, 11) is -3.57. The number of hydrogen-bond donors (Lipinski definition) is 0. The number of aryl methyl sites for hydroxylation is 1. The summed E-state index contributed by atoms with van der Waals surface area (Å²) in [6.07, 6.45) is 4.17. The largest absolute Gasteiger partial charge is 0.454 e. The van der Waals surface area contributed by atoms with E-state index in [-0.39, 0.29) is 16.2 Å². The Balaban J connectivity index is 2.03. The molecule has 0 fully saturated rings. The van der Waals surface area contributed by atoms with Crippen LogP contribution in [0.1, 0.15) is 46.0 Å². The molecule has 0 aliphatic rings. The van der Waals surface area contributed by atoms with E-state index >= 15 is 0 Å². The van der Waals surface area contributed by atoms with Crippen molar-refractivity contribution in [2.45, 2.75) is 31.1 Å².